The first-order valence-electron chi connectivity index (χ1n) is 6.20. The third-order valence-corrected chi connectivity index (χ3v) is 2.85. The maximum absolute atomic E-state index is 12.3. The first kappa shape index (κ1) is 15.0. The fourth-order valence-electron chi connectivity index (χ4n) is 1.95. The lowest BCUT2D eigenvalue weighted by Gasteiger charge is -2.18. The zero-order valence-corrected chi connectivity index (χ0v) is 11.0. The number of nitrogens with one attached hydrogen (secondary N) is 1. The minimum absolute atomic E-state index is 0.0417. The van der Waals surface area contributed by atoms with E-state index in [0.717, 1.165) is 17.8 Å². The Kier molecular flexibility index (Phi) is 5.19. The number of aryl methyl sites for hydroxylation is 2. The Balaban J connectivity index is 2.79. The normalized spacial score (nSPS) is 13.9. The molecule has 6 heteroatoms. The van der Waals surface area contributed by atoms with E-state index < -0.39 is 12.6 Å². The summed E-state index contributed by atoms with van der Waals surface area (Å²) in [7, 11) is 1.77. The number of rotatable bonds is 6. The van der Waals surface area contributed by atoms with Crippen LogP contribution in [0.5, 0.6) is 0 Å². The van der Waals surface area contributed by atoms with Crippen LogP contribution in [0.25, 0.3) is 0 Å². The third kappa shape index (κ3) is 4.33. The van der Waals surface area contributed by atoms with E-state index in [2.05, 4.69) is 10.4 Å². The highest BCUT2D eigenvalue weighted by Gasteiger charge is 2.29. The summed E-state index contributed by atoms with van der Waals surface area (Å²) in [4.78, 5) is 0. The van der Waals surface area contributed by atoms with Gasteiger partial charge in [0.1, 0.15) is 0 Å². The van der Waals surface area contributed by atoms with Crippen LogP contribution >= 0.6 is 0 Å². The first-order chi connectivity index (χ1) is 8.37. The lowest BCUT2D eigenvalue weighted by Crippen LogP contribution is -2.25. The molecular weight excluding hydrogens is 243 g/mol. The Morgan fingerprint density at radius 2 is 2.06 bits per heavy atom. The zero-order valence-electron chi connectivity index (χ0n) is 11.0. The van der Waals surface area contributed by atoms with Gasteiger partial charge in [0.15, 0.2) is 0 Å². The Labute approximate surface area is 105 Å². The van der Waals surface area contributed by atoms with Crippen LogP contribution in [0.4, 0.5) is 13.2 Å². The molecular formula is C12H20F3N3. The van der Waals surface area contributed by atoms with Crippen LogP contribution in [0.15, 0.2) is 6.07 Å². The SMILES string of the molecule is CCNC(CCC(F)(F)F)c1cc(CC)nn1C. The van der Waals surface area contributed by atoms with Crippen molar-refractivity contribution in [1.29, 1.82) is 0 Å². The monoisotopic (exact) mass is 263 g/mol. The predicted molar refractivity (Wildman–Crippen MR) is 64.3 cm³/mol. The molecule has 0 fully saturated rings. The molecule has 0 aromatic carbocycles. The minimum atomic E-state index is -4.11. The van der Waals surface area contributed by atoms with Gasteiger partial charge in [0, 0.05) is 19.5 Å². The molecule has 0 amide bonds. The first-order valence-corrected chi connectivity index (χ1v) is 6.20. The van der Waals surface area contributed by atoms with Gasteiger partial charge in [0.05, 0.1) is 11.4 Å². The van der Waals surface area contributed by atoms with E-state index in [9.17, 15) is 13.2 Å². The van der Waals surface area contributed by atoms with Gasteiger partial charge in [-0.3, -0.25) is 4.68 Å². The van der Waals surface area contributed by atoms with Gasteiger partial charge >= 0.3 is 6.18 Å². The molecule has 1 aromatic rings. The maximum atomic E-state index is 12.3. The number of halogens is 3. The zero-order chi connectivity index (χ0) is 13.8. The summed E-state index contributed by atoms with van der Waals surface area (Å²) in [6.07, 6.45) is -4.07. The molecule has 1 rings (SSSR count). The molecule has 104 valence electrons. The summed E-state index contributed by atoms with van der Waals surface area (Å²) < 4.78 is 38.6. The van der Waals surface area contributed by atoms with Crippen LogP contribution < -0.4 is 5.32 Å². The second-order valence-corrected chi connectivity index (χ2v) is 4.30. The Hall–Kier alpha value is -1.04. The summed E-state index contributed by atoms with van der Waals surface area (Å²) in [5.74, 6) is 0. The molecule has 1 atom stereocenters. The van der Waals surface area contributed by atoms with Gasteiger partial charge in [0.2, 0.25) is 0 Å². The molecule has 0 aliphatic heterocycles. The van der Waals surface area contributed by atoms with Crippen LogP contribution in [0.3, 0.4) is 0 Å². The lowest BCUT2D eigenvalue weighted by molar-refractivity contribution is -0.136. The second kappa shape index (κ2) is 6.22. The van der Waals surface area contributed by atoms with E-state index in [1.165, 1.54) is 0 Å². The summed E-state index contributed by atoms with van der Waals surface area (Å²) >= 11 is 0. The van der Waals surface area contributed by atoms with Crippen LogP contribution in [-0.2, 0) is 13.5 Å². The van der Waals surface area contributed by atoms with Crippen molar-refractivity contribution in [2.24, 2.45) is 7.05 Å². The van der Waals surface area contributed by atoms with Crippen molar-refractivity contribution in [3.63, 3.8) is 0 Å². The van der Waals surface area contributed by atoms with Crippen molar-refractivity contribution in [3.8, 4) is 0 Å². The Bertz CT molecular complexity index is 371. The quantitative estimate of drug-likeness (QED) is 0.855. The predicted octanol–water partition coefficient (Wildman–Crippen LogP) is 2.98. The van der Waals surface area contributed by atoms with Crippen LogP contribution in [0.2, 0.25) is 0 Å². The molecule has 3 nitrogen and oxygen atoms in total. The average Bonchev–Trinajstić information content (AvgIpc) is 2.64. The van der Waals surface area contributed by atoms with Crippen molar-refractivity contribution in [1.82, 2.24) is 15.1 Å². The maximum Gasteiger partial charge on any atom is 0.389 e. The molecule has 1 heterocycles. The topological polar surface area (TPSA) is 29.9 Å². The van der Waals surface area contributed by atoms with Crippen LogP contribution in [0, 0.1) is 0 Å². The lowest BCUT2D eigenvalue weighted by atomic mass is 10.1. The van der Waals surface area contributed by atoms with Gasteiger partial charge < -0.3 is 5.32 Å². The number of nitrogens with zero attached hydrogens (tertiary/aromatic N) is 2. The number of hydrogen-bond donors (Lipinski definition) is 1. The van der Waals surface area contributed by atoms with Crippen LogP contribution in [-0.4, -0.2) is 22.5 Å². The van der Waals surface area contributed by atoms with Gasteiger partial charge in [-0.05, 0) is 25.5 Å². The molecule has 1 aromatic heterocycles. The summed E-state index contributed by atoms with van der Waals surface area (Å²) in [6.45, 7) is 4.50. The van der Waals surface area contributed by atoms with Gasteiger partial charge in [-0.2, -0.15) is 18.3 Å². The molecule has 1 N–H and O–H groups in total. The van der Waals surface area contributed by atoms with E-state index in [4.69, 9.17) is 0 Å². The Morgan fingerprint density at radius 1 is 1.39 bits per heavy atom. The molecule has 0 radical (unpaired) electrons. The highest BCUT2D eigenvalue weighted by atomic mass is 19.4. The fourth-order valence-corrected chi connectivity index (χ4v) is 1.95. The highest BCUT2D eigenvalue weighted by molar-refractivity contribution is 5.14. The second-order valence-electron chi connectivity index (χ2n) is 4.30. The molecule has 18 heavy (non-hydrogen) atoms. The average molecular weight is 263 g/mol. The van der Waals surface area contributed by atoms with E-state index in [0.29, 0.717) is 6.54 Å². The van der Waals surface area contributed by atoms with Crippen molar-refractivity contribution >= 4 is 0 Å². The summed E-state index contributed by atoms with van der Waals surface area (Å²) in [5, 5.41) is 7.36. The summed E-state index contributed by atoms with van der Waals surface area (Å²) in [6, 6.07) is 1.58. The van der Waals surface area contributed by atoms with E-state index in [-0.39, 0.29) is 12.5 Å². The van der Waals surface area contributed by atoms with Gasteiger partial charge in [0.25, 0.3) is 0 Å². The minimum Gasteiger partial charge on any atom is -0.309 e. The van der Waals surface area contributed by atoms with Crippen LogP contribution in [0.1, 0.15) is 44.1 Å². The molecule has 0 saturated heterocycles. The molecule has 0 aliphatic carbocycles. The Morgan fingerprint density at radius 3 is 2.50 bits per heavy atom. The molecule has 1 unspecified atom stereocenters. The number of hydrogen-bond acceptors (Lipinski definition) is 2. The number of aromatic nitrogens is 2. The summed E-state index contributed by atoms with van der Waals surface area (Å²) in [5.41, 5.74) is 1.72. The van der Waals surface area contributed by atoms with Crippen molar-refractivity contribution < 1.29 is 13.2 Å². The van der Waals surface area contributed by atoms with Gasteiger partial charge in [-0.1, -0.05) is 13.8 Å². The largest absolute Gasteiger partial charge is 0.389 e. The van der Waals surface area contributed by atoms with E-state index in [1.54, 1.807) is 11.7 Å². The fraction of sp³-hybridized carbons (Fsp3) is 0.750. The van der Waals surface area contributed by atoms with E-state index >= 15 is 0 Å². The third-order valence-electron chi connectivity index (χ3n) is 2.85. The molecule has 0 aliphatic rings. The highest BCUT2D eigenvalue weighted by Crippen LogP contribution is 2.27. The molecule has 0 bridgehead atoms. The smallest absolute Gasteiger partial charge is 0.309 e. The van der Waals surface area contributed by atoms with Gasteiger partial charge in [-0.15, -0.1) is 0 Å². The van der Waals surface area contributed by atoms with E-state index in [1.807, 2.05) is 19.9 Å². The molecule has 0 spiro atoms. The standard InChI is InChI=1S/C12H20F3N3/c1-4-9-8-11(18(3)17-9)10(16-5-2)6-7-12(13,14)15/h8,10,16H,4-7H2,1-3H3. The van der Waals surface area contributed by atoms with Crippen molar-refractivity contribution in [2.45, 2.75) is 45.3 Å². The molecule has 0 saturated carbocycles. The van der Waals surface area contributed by atoms with Crippen molar-refractivity contribution in [2.75, 3.05) is 6.54 Å². The number of alkyl halides is 3. The van der Waals surface area contributed by atoms with Gasteiger partial charge in [-0.25, -0.2) is 0 Å². The van der Waals surface area contributed by atoms with Crippen molar-refractivity contribution in [3.05, 3.63) is 17.5 Å².